The molecule has 112 valence electrons. The van der Waals surface area contributed by atoms with Gasteiger partial charge in [0.25, 0.3) is 0 Å². The third-order valence-electron chi connectivity index (χ3n) is 3.66. The van der Waals surface area contributed by atoms with E-state index in [0.717, 1.165) is 23.4 Å². The van der Waals surface area contributed by atoms with Gasteiger partial charge in [0.15, 0.2) is 0 Å². The van der Waals surface area contributed by atoms with Gasteiger partial charge in [0.05, 0.1) is 12.8 Å². The Hall–Kier alpha value is -2.30. The Morgan fingerprint density at radius 2 is 2.29 bits per heavy atom. The van der Waals surface area contributed by atoms with E-state index in [2.05, 4.69) is 6.58 Å². The second-order valence-corrected chi connectivity index (χ2v) is 5.18. The number of amides is 1. The molecule has 1 N–H and O–H groups in total. The largest absolute Gasteiger partial charge is 0.481 e. The van der Waals surface area contributed by atoms with Crippen molar-refractivity contribution in [3.05, 3.63) is 36.4 Å². The molecular weight excluding hydrogens is 268 g/mol. The van der Waals surface area contributed by atoms with Crippen molar-refractivity contribution in [3.8, 4) is 0 Å². The van der Waals surface area contributed by atoms with E-state index in [0.29, 0.717) is 19.5 Å². The van der Waals surface area contributed by atoms with Crippen LogP contribution >= 0.6 is 0 Å². The van der Waals surface area contributed by atoms with Crippen LogP contribution in [0, 0.1) is 0 Å². The van der Waals surface area contributed by atoms with Crippen LogP contribution in [0.25, 0.3) is 0 Å². The molecule has 0 aliphatic carbocycles. The van der Waals surface area contributed by atoms with E-state index < -0.39 is 5.97 Å². The van der Waals surface area contributed by atoms with Gasteiger partial charge in [-0.25, -0.2) is 0 Å². The van der Waals surface area contributed by atoms with E-state index >= 15 is 0 Å². The number of nitrogens with zero attached hydrogens (tertiary/aromatic N) is 2. The van der Waals surface area contributed by atoms with E-state index in [1.807, 2.05) is 30.1 Å². The lowest BCUT2D eigenvalue weighted by Crippen LogP contribution is -2.27. The van der Waals surface area contributed by atoms with Gasteiger partial charge in [-0.3, -0.25) is 9.59 Å². The summed E-state index contributed by atoms with van der Waals surface area (Å²) in [4.78, 5) is 26.3. The zero-order valence-electron chi connectivity index (χ0n) is 12.2. The van der Waals surface area contributed by atoms with Crippen LogP contribution in [0.4, 0.5) is 11.4 Å². The lowest BCUT2D eigenvalue weighted by Gasteiger charge is -2.20. The quantitative estimate of drug-likeness (QED) is 0.780. The third-order valence-corrected chi connectivity index (χ3v) is 3.66. The first-order valence-corrected chi connectivity index (χ1v) is 7.00. The summed E-state index contributed by atoms with van der Waals surface area (Å²) < 4.78 is 0. The molecule has 1 aliphatic rings. The zero-order valence-corrected chi connectivity index (χ0v) is 12.2. The minimum atomic E-state index is -0.811. The maximum Gasteiger partial charge on any atom is 0.305 e. The van der Waals surface area contributed by atoms with E-state index in [-0.39, 0.29) is 12.3 Å². The van der Waals surface area contributed by atoms with Crippen LogP contribution in [0.3, 0.4) is 0 Å². The Kier molecular flexibility index (Phi) is 4.62. The lowest BCUT2D eigenvalue weighted by molar-refractivity contribution is -0.136. The van der Waals surface area contributed by atoms with Crippen molar-refractivity contribution in [2.75, 3.05) is 29.9 Å². The molecule has 0 atom stereocenters. The highest BCUT2D eigenvalue weighted by atomic mass is 16.4. The molecule has 0 saturated heterocycles. The molecule has 1 aromatic rings. The van der Waals surface area contributed by atoms with Crippen molar-refractivity contribution in [1.82, 2.24) is 0 Å². The van der Waals surface area contributed by atoms with Gasteiger partial charge in [-0.15, -0.1) is 6.58 Å². The Bertz CT molecular complexity index is 569. The van der Waals surface area contributed by atoms with Gasteiger partial charge in [-0.2, -0.15) is 0 Å². The Labute approximate surface area is 124 Å². The first kappa shape index (κ1) is 15.1. The zero-order chi connectivity index (χ0) is 15.4. The molecule has 1 amide bonds. The van der Waals surface area contributed by atoms with Crippen LogP contribution < -0.4 is 9.80 Å². The summed E-state index contributed by atoms with van der Waals surface area (Å²) in [6.45, 7) is 4.79. The number of aliphatic carboxylic acids is 1. The van der Waals surface area contributed by atoms with Crippen LogP contribution in [0.5, 0.6) is 0 Å². The Morgan fingerprint density at radius 3 is 2.95 bits per heavy atom. The van der Waals surface area contributed by atoms with E-state index in [9.17, 15) is 9.59 Å². The number of hydrogen-bond donors (Lipinski definition) is 1. The highest BCUT2D eigenvalue weighted by Gasteiger charge is 2.26. The molecule has 0 bridgehead atoms. The van der Waals surface area contributed by atoms with Crippen LogP contribution in [-0.4, -0.2) is 37.1 Å². The summed E-state index contributed by atoms with van der Waals surface area (Å²) in [5.41, 5.74) is 2.90. The summed E-state index contributed by atoms with van der Waals surface area (Å²) in [6.07, 6.45) is 3.08. The minimum absolute atomic E-state index is 0.0952. The van der Waals surface area contributed by atoms with E-state index in [1.165, 1.54) is 0 Å². The molecule has 0 saturated carbocycles. The van der Waals surface area contributed by atoms with Crippen molar-refractivity contribution >= 4 is 23.3 Å². The molecule has 5 nitrogen and oxygen atoms in total. The fourth-order valence-corrected chi connectivity index (χ4v) is 2.46. The molecular formula is C16H20N2O3. The van der Waals surface area contributed by atoms with E-state index in [4.69, 9.17) is 5.11 Å². The summed E-state index contributed by atoms with van der Waals surface area (Å²) in [5.74, 6) is -0.703. The van der Waals surface area contributed by atoms with Crippen LogP contribution in [0.15, 0.2) is 30.9 Å². The van der Waals surface area contributed by atoms with Crippen LogP contribution in [-0.2, 0) is 16.0 Å². The van der Waals surface area contributed by atoms with Gasteiger partial charge >= 0.3 is 5.97 Å². The highest BCUT2D eigenvalue weighted by molar-refractivity contribution is 6.01. The molecule has 0 radical (unpaired) electrons. The molecule has 21 heavy (non-hydrogen) atoms. The second-order valence-electron chi connectivity index (χ2n) is 5.18. The van der Waals surface area contributed by atoms with Gasteiger partial charge in [-0.05, 0) is 30.2 Å². The predicted octanol–water partition coefficient (Wildman–Crippen LogP) is 2.06. The predicted molar refractivity (Wildman–Crippen MR) is 82.8 cm³/mol. The number of carbonyl (C=O) groups excluding carboxylic acids is 1. The SMILES string of the molecule is C=CCCN1C(=O)Cc2cc(N(C)CCC(=O)O)ccc21. The van der Waals surface area contributed by atoms with Crippen LogP contribution in [0.1, 0.15) is 18.4 Å². The van der Waals surface area contributed by atoms with Gasteiger partial charge in [0.1, 0.15) is 0 Å². The fraction of sp³-hybridized carbons (Fsp3) is 0.375. The topological polar surface area (TPSA) is 60.9 Å². The van der Waals surface area contributed by atoms with Crippen molar-refractivity contribution in [2.24, 2.45) is 0 Å². The third kappa shape index (κ3) is 3.42. The average molecular weight is 288 g/mol. The first-order valence-electron chi connectivity index (χ1n) is 7.00. The normalized spacial score (nSPS) is 13.2. The summed E-state index contributed by atoms with van der Waals surface area (Å²) in [5, 5.41) is 8.73. The van der Waals surface area contributed by atoms with Gasteiger partial charge in [0, 0.05) is 31.5 Å². The maximum absolute atomic E-state index is 12.0. The number of hydrogen-bond acceptors (Lipinski definition) is 3. The molecule has 5 heteroatoms. The molecule has 0 fully saturated rings. The summed E-state index contributed by atoms with van der Waals surface area (Å²) in [6, 6.07) is 5.85. The standard InChI is InChI=1S/C16H20N2O3/c1-3-4-8-18-14-6-5-13(10-12(14)11-15(18)19)17(2)9-7-16(20)21/h3,5-6,10H,1,4,7-9,11H2,2H3,(H,20,21). The number of carboxylic acids is 1. The average Bonchev–Trinajstić information content (AvgIpc) is 2.77. The Balaban J connectivity index is 2.13. The van der Waals surface area contributed by atoms with E-state index in [1.54, 1.807) is 11.0 Å². The summed E-state index contributed by atoms with van der Waals surface area (Å²) in [7, 11) is 1.86. The number of rotatable bonds is 7. The van der Waals surface area contributed by atoms with Crippen LogP contribution in [0.2, 0.25) is 0 Å². The number of fused-ring (bicyclic) bond motifs is 1. The molecule has 1 aromatic carbocycles. The maximum atomic E-state index is 12.0. The molecule has 0 spiro atoms. The number of carboxylic acid groups (broad SMARTS) is 1. The molecule has 1 heterocycles. The number of carbonyl (C=O) groups is 2. The van der Waals surface area contributed by atoms with Gasteiger partial charge < -0.3 is 14.9 Å². The monoisotopic (exact) mass is 288 g/mol. The molecule has 0 aromatic heterocycles. The molecule has 0 unspecified atom stereocenters. The fourth-order valence-electron chi connectivity index (χ4n) is 2.46. The summed E-state index contributed by atoms with van der Waals surface area (Å²) >= 11 is 0. The first-order chi connectivity index (χ1) is 10.0. The van der Waals surface area contributed by atoms with Crippen molar-refractivity contribution < 1.29 is 14.7 Å². The van der Waals surface area contributed by atoms with Gasteiger partial charge in [-0.1, -0.05) is 6.08 Å². The second kappa shape index (κ2) is 6.43. The Morgan fingerprint density at radius 1 is 1.52 bits per heavy atom. The number of anilines is 2. The smallest absolute Gasteiger partial charge is 0.305 e. The van der Waals surface area contributed by atoms with Crippen molar-refractivity contribution in [1.29, 1.82) is 0 Å². The van der Waals surface area contributed by atoms with Gasteiger partial charge in [0.2, 0.25) is 5.91 Å². The molecule has 1 aliphatic heterocycles. The number of benzene rings is 1. The highest BCUT2D eigenvalue weighted by Crippen LogP contribution is 2.32. The lowest BCUT2D eigenvalue weighted by atomic mass is 10.1. The minimum Gasteiger partial charge on any atom is -0.481 e. The molecule has 2 rings (SSSR count). The van der Waals surface area contributed by atoms with Crippen molar-refractivity contribution in [2.45, 2.75) is 19.3 Å². The van der Waals surface area contributed by atoms with Crippen molar-refractivity contribution in [3.63, 3.8) is 0 Å².